The molecule has 2 heteroatoms. The molecule has 0 saturated heterocycles. The fourth-order valence-corrected chi connectivity index (χ4v) is 1.77. The van der Waals surface area contributed by atoms with Crippen molar-refractivity contribution in [2.24, 2.45) is 0 Å². The molecule has 0 aromatic carbocycles. The summed E-state index contributed by atoms with van der Waals surface area (Å²) >= 11 is 0. The van der Waals surface area contributed by atoms with E-state index < -0.39 is 0 Å². The van der Waals surface area contributed by atoms with Crippen LogP contribution in [0.2, 0.25) is 0 Å². The molecule has 0 N–H and O–H groups in total. The lowest BCUT2D eigenvalue weighted by Gasteiger charge is -2.16. The zero-order valence-corrected chi connectivity index (χ0v) is 10.8. The van der Waals surface area contributed by atoms with Crippen LogP contribution in [0.5, 0.6) is 0 Å². The summed E-state index contributed by atoms with van der Waals surface area (Å²) in [6, 6.07) is 0. The highest BCUT2D eigenvalue weighted by Crippen LogP contribution is 2.23. The largest absolute Gasteiger partial charge is 0.254 e. The molecule has 2 nitrogen and oxygen atoms in total. The number of nitrogens with zero attached hydrogens (tertiary/aromatic N) is 2. The van der Waals surface area contributed by atoms with Gasteiger partial charge in [-0.05, 0) is 25.2 Å². The molecule has 1 aromatic rings. The van der Waals surface area contributed by atoms with Crippen LogP contribution < -0.4 is 0 Å². The summed E-state index contributed by atoms with van der Waals surface area (Å²) in [5.74, 6) is 0.917. The molecule has 0 amide bonds. The van der Waals surface area contributed by atoms with E-state index in [4.69, 9.17) is 9.97 Å². The van der Waals surface area contributed by atoms with Gasteiger partial charge in [0.1, 0.15) is 0 Å². The number of hydrogen-bond acceptors (Lipinski definition) is 2. The molecule has 0 unspecified atom stereocenters. The van der Waals surface area contributed by atoms with Crippen molar-refractivity contribution in [3.05, 3.63) is 22.8 Å². The van der Waals surface area contributed by atoms with E-state index >= 15 is 0 Å². The molecule has 0 atom stereocenters. The van der Waals surface area contributed by atoms with Gasteiger partial charge < -0.3 is 0 Å². The van der Waals surface area contributed by atoms with E-state index in [2.05, 4.69) is 41.5 Å². The standard InChI is InChI=1S/C13H22N2/c1-7-11-10(6)14-12(8(2)3)13(15-11)9(4)5/h8-9H,7H2,1-6H3. The van der Waals surface area contributed by atoms with Crippen LogP contribution in [0, 0.1) is 6.92 Å². The third-order valence-electron chi connectivity index (χ3n) is 2.65. The first kappa shape index (κ1) is 12.2. The number of rotatable bonds is 3. The lowest BCUT2D eigenvalue weighted by atomic mass is 9.99. The predicted octanol–water partition coefficient (Wildman–Crippen LogP) is 3.59. The summed E-state index contributed by atoms with van der Waals surface area (Å²) in [6.07, 6.45) is 0.969. The van der Waals surface area contributed by atoms with Gasteiger partial charge in [0.2, 0.25) is 0 Å². The second kappa shape index (κ2) is 4.73. The average Bonchev–Trinajstić information content (AvgIpc) is 2.16. The van der Waals surface area contributed by atoms with Gasteiger partial charge in [-0.2, -0.15) is 0 Å². The first-order valence-corrected chi connectivity index (χ1v) is 5.84. The quantitative estimate of drug-likeness (QED) is 0.755. The van der Waals surface area contributed by atoms with Crippen molar-refractivity contribution in [1.29, 1.82) is 0 Å². The molecule has 0 aliphatic heterocycles. The Morgan fingerprint density at radius 1 is 0.933 bits per heavy atom. The van der Waals surface area contributed by atoms with E-state index in [1.807, 2.05) is 0 Å². The maximum atomic E-state index is 4.75. The van der Waals surface area contributed by atoms with E-state index in [1.54, 1.807) is 0 Å². The second-order valence-electron chi connectivity index (χ2n) is 4.69. The van der Waals surface area contributed by atoms with Crippen molar-refractivity contribution < 1.29 is 0 Å². The van der Waals surface area contributed by atoms with Gasteiger partial charge in [0, 0.05) is 0 Å². The molecule has 15 heavy (non-hydrogen) atoms. The summed E-state index contributed by atoms with van der Waals surface area (Å²) in [5.41, 5.74) is 4.57. The van der Waals surface area contributed by atoms with E-state index in [0.29, 0.717) is 11.8 Å². The van der Waals surface area contributed by atoms with Crippen LogP contribution in [0.15, 0.2) is 0 Å². The molecule has 0 bridgehead atoms. The van der Waals surface area contributed by atoms with Crippen molar-refractivity contribution in [2.45, 2.75) is 59.8 Å². The fourth-order valence-electron chi connectivity index (χ4n) is 1.77. The summed E-state index contributed by atoms with van der Waals surface area (Å²) in [6.45, 7) is 12.9. The normalized spacial score (nSPS) is 11.5. The smallest absolute Gasteiger partial charge is 0.0650 e. The summed E-state index contributed by atoms with van der Waals surface area (Å²) < 4.78 is 0. The minimum atomic E-state index is 0.458. The second-order valence-corrected chi connectivity index (χ2v) is 4.69. The first-order chi connectivity index (χ1) is 6.97. The lowest BCUT2D eigenvalue weighted by Crippen LogP contribution is -2.10. The summed E-state index contributed by atoms with van der Waals surface area (Å²) in [7, 11) is 0. The minimum Gasteiger partial charge on any atom is -0.254 e. The monoisotopic (exact) mass is 206 g/mol. The number of aromatic nitrogens is 2. The van der Waals surface area contributed by atoms with Gasteiger partial charge in [0.15, 0.2) is 0 Å². The Morgan fingerprint density at radius 3 is 1.80 bits per heavy atom. The Labute approximate surface area is 93.2 Å². The zero-order chi connectivity index (χ0) is 11.6. The average molecular weight is 206 g/mol. The van der Waals surface area contributed by atoms with Crippen LogP contribution in [-0.4, -0.2) is 9.97 Å². The summed E-state index contributed by atoms with van der Waals surface area (Å²) in [4.78, 5) is 9.45. The van der Waals surface area contributed by atoms with Gasteiger partial charge in [0.05, 0.1) is 22.8 Å². The molecule has 0 spiro atoms. The molecule has 1 rings (SSSR count). The van der Waals surface area contributed by atoms with Crippen LogP contribution in [0.3, 0.4) is 0 Å². The van der Waals surface area contributed by atoms with Gasteiger partial charge in [-0.1, -0.05) is 34.6 Å². The molecular weight excluding hydrogens is 184 g/mol. The summed E-state index contributed by atoms with van der Waals surface area (Å²) in [5, 5.41) is 0. The molecule has 0 saturated carbocycles. The maximum absolute atomic E-state index is 4.75. The Kier molecular flexibility index (Phi) is 3.83. The van der Waals surface area contributed by atoms with Crippen molar-refractivity contribution in [1.82, 2.24) is 9.97 Å². The highest BCUT2D eigenvalue weighted by Gasteiger charge is 2.15. The Balaban J connectivity index is 3.32. The third kappa shape index (κ3) is 2.55. The Bertz CT molecular complexity index is 341. The zero-order valence-electron chi connectivity index (χ0n) is 10.8. The number of hydrogen-bond donors (Lipinski definition) is 0. The van der Waals surface area contributed by atoms with E-state index in [9.17, 15) is 0 Å². The molecule has 0 fully saturated rings. The van der Waals surface area contributed by atoms with Crippen molar-refractivity contribution in [3.8, 4) is 0 Å². The van der Waals surface area contributed by atoms with E-state index in [0.717, 1.165) is 17.8 Å². The molecule has 1 aromatic heterocycles. The van der Waals surface area contributed by atoms with Crippen molar-refractivity contribution in [2.75, 3.05) is 0 Å². The molecule has 1 heterocycles. The van der Waals surface area contributed by atoms with Gasteiger partial charge in [-0.3, -0.25) is 9.97 Å². The van der Waals surface area contributed by atoms with Gasteiger partial charge in [-0.25, -0.2) is 0 Å². The fraction of sp³-hybridized carbons (Fsp3) is 0.692. The van der Waals surface area contributed by atoms with Gasteiger partial charge >= 0.3 is 0 Å². The third-order valence-corrected chi connectivity index (χ3v) is 2.65. The van der Waals surface area contributed by atoms with Gasteiger partial charge in [0.25, 0.3) is 0 Å². The van der Waals surface area contributed by atoms with E-state index in [1.165, 1.54) is 11.4 Å². The van der Waals surface area contributed by atoms with Crippen LogP contribution in [0.25, 0.3) is 0 Å². The molecule has 0 aliphatic carbocycles. The van der Waals surface area contributed by atoms with E-state index in [-0.39, 0.29) is 0 Å². The molecular formula is C13H22N2. The van der Waals surface area contributed by atoms with Crippen LogP contribution in [0.1, 0.15) is 69.2 Å². The van der Waals surface area contributed by atoms with Crippen LogP contribution >= 0.6 is 0 Å². The van der Waals surface area contributed by atoms with Crippen molar-refractivity contribution >= 4 is 0 Å². The topological polar surface area (TPSA) is 25.8 Å². The highest BCUT2D eigenvalue weighted by molar-refractivity contribution is 5.24. The number of aryl methyl sites for hydroxylation is 2. The van der Waals surface area contributed by atoms with Gasteiger partial charge in [-0.15, -0.1) is 0 Å². The Morgan fingerprint density at radius 2 is 1.40 bits per heavy atom. The molecule has 0 radical (unpaired) electrons. The van der Waals surface area contributed by atoms with Crippen LogP contribution in [0.4, 0.5) is 0 Å². The molecule has 84 valence electrons. The lowest BCUT2D eigenvalue weighted by molar-refractivity contribution is 0.706. The highest BCUT2D eigenvalue weighted by atomic mass is 14.9. The predicted molar refractivity (Wildman–Crippen MR) is 64.3 cm³/mol. The first-order valence-electron chi connectivity index (χ1n) is 5.84. The Hall–Kier alpha value is -0.920. The molecule has 0 aliphatic rings. The minimum absolute atomic E-state index is 0.458. The SMILES string of the molecule is CCc1nc(C(C)C)c(C(C)C)nc1C. The van der Waals surface area contributed by atoms with Crippen molar-refractivity contribution in [3.63, 3.8) is 0 Å². The maximum Gasteiger partial charge on any atom is 0.0650 e. The van der Waals surface area contributed by atoms with Crippen LogP contribution in [-0.2, 0) is 6.42 Å².